The fourth-order valence-electron chi connectivity index (χ4n) is 3.38. The van der Waals surface area contributed by atoms with Crippen LogP contribution < -0.4 is 11.1 Å². The molecule has 0 radical (unpaired) electrons. The Morgan fingerprint density at radius 2 is 1.79 bits per heavy atom. The Kier molecular flexibility index (Phi) is 8.26. The first kappa shape index (κ1) is 18.9. The molecule has 1 aliphatic rings. The van der Waals surface area contributed by atoms with Crippen molar-refractivity contribution in [2.75, 3.05) is 26.2 Å². The maximum absolute atomic E-state index is 12.1. The third-order valence-corrected chi connectivity index (χ3v) is 4.89. The van der Waals surface area contributed by atoms with Gasteiger partial charge in [-0.25, -0.2) is 0 Å². The number of hydrogen-bond acceptors (Lipinski definition) is 3. The standard InChI is InChI=1S/C20H33N3O/c1-17-9-11-18(12-10-17)19(23-14-6-7-15-23)16-22-20(24)8-4-2-3-5-13-21/h9-12,19H,2-8,13-16,21H2,1H3,(H,22,24). The summed E-state index contributed by atoms with van der Waals surface area (Å²) in [6.45, 7) is 5.84. The third-order valence-electron chi connectivity index (χ3n) is 4.89. The maximum Gasteiger partial charge on any atom is 0.220 e. The summed E-state index contributed by atoms with van der Waals surface area (Å²) in [4.78, 5) is 14.6. The molecule has 4 nitrogen and oxygen atoms in total. The Morgan fingerprint density at radius 1 is 1.12 bits per heavy atom. The van der Waals surface area contributed by atoms with Crippen molar-refractivity contribution in [2.24, 2.45) is 5.73 Å². The van der Waals surface area contributed by atoms with Gasteiger partial charge in [0, 0.05) is 13.0 Å². The number of nitrogens with two attached hydrogens (primary N) is 1. The largest absolute Gasteiger partial charge is 0.354 e. The SMILES string of the molecule is Cc1ccc(C(CNC(=O)CCCCCCN)N2CCCC2)cc1. The summed E-state index contributed by atoms with van der Waals surface area (Å²) < 4.78 is 0. The highest BCUT2D eigenvalue weighted by molar-refractivity contribution is 5.75. The smallest absolute Gasteiger partial charge is 0.220 e. The number of carbonyl (C=O) groups excluding carboxylic acids is 1. The Labute approximate surface area is 146 Å². The number of nitrogens with zero attached hydrogens (tertiary/aromatic N) is 1. The van der Waals surface area contributed by atoms with E-state index in [1.165, 1.54) is 24.0 Å². The van der Waals surface area contributed by atoms with Crippen molar-refractivity contribution in [2.45, 2.75) is 57.9 Å². The summed E-state index contributed by atoms with van der Waals surface area (Å²) in [5.41, 5.74) is 8.08. The van der Waals surface area contributed by atoms with Gasteiger partial charge in [0.25, 0.3) is 0 Å². The minimum atomic E-state index is 0.180. The number of carbonyl (C=O) groups is 1. The van der Waals surface area contributed by atoms with Crippen LogP contribution >= 0.6 is 0 Å². The number of aryl methyl sites for hydroxylation is 1. The molecule has 4 heteroatoms. The van der Waals surface area contributed by atoms with Gasteiger partial charge < -0.3 is 11.1 Å². The zero-order chi connectivity index (χ0) is 17.2. The lowest BCUT2D eigenvalue weighted by Crippen LogP contribution is -2.36. The summed E-state index contributed by atoms with van der Waals surface area (Å²) in [7, 11) is 0. The molecule has 24 heavy (non-hydrogen) atoms. The number of amides is 1. The molecule has 134 valence electrons. The van der Waals surface area contributed by atoms with Crippen molar-refractivity contribution in [1.29, 1.82) is 0 Å². The average Bonchev–Trinajstić information content (AvgIpc) is 3.11. The van der Waals surface area contributed by atoms with Crippen LogP contribution in [0, 0.1) is 6.92 Å². The van der Waals surface area contributed by atoms with Crippen LogP contribution in [0.3, 0.4) is 0 Å². The first-order valence-corrected chi connectivity index (χ1v) is 9.48. The Morgan fingerprint density at radius 3 is 2.46 bits per heavy atom. The van der Waals surface area contributed by atoms with Crippen molar-refractivity contribution >= 4 is 5.91 Å². The molecule has 1 atom stereocenters. The van der Waals surface area contributed by atoms with Crippen LogP contribution in [-0.4, -0.2) is 37.0 Å². The van der Waals surface area contributed by atoms with E-state index in [4.69, 9.17) is 5.73 Å². The molecular weight excluding hydrogens is 298 g/mol. The summed E-state index contributed by atoms with van der Waals surface area (Å²) >= 11 is 0. The van der Waals surface area contributed by atoms with E-state index in [1.807, 2.05) is 0 Å². The maximum atomic E-state index is 12.1. The van der Waals surface area contributed by atoms with E-state index in [0.717, 1.165) is 45.3 Å². The van der Waals surface area contributed by atoms with Crippen molar-refractivity contribution in [3.05, 3.63) is 35.4 Å². The van der Waals surface area contributed by atoms with Gasteiger partial charge >= 0.3 is 0 Å². The lowest BCUT2D eigenvalue weighted by Gasteiger charge is -2.28. The second-order valence-corrected chi connectivity index (χ2v) is 6.93. The number of benzene rings is 1. The van der Waals surface area contributed by atoms with E-state index in [9.17, 15) is 4.79 Å². The normalized spacial score (nSPS) is 16.2. The molecule has 2 rings (SSSR count). The molecule has 1 fully saturated rings. The number of likely N-dealkylation sites (tertiary alicyclic amines) is 1. The average molecular weight is 332 g/mol. The number of unbranched alkanes of at least 4 members (excludes halogenated alkanes) is 3. The van der Waals surface area contributed by atoms with Crippen LogP contribution in [0.2, 0.25) is 0 Å². The molecule has 1 aromatic rings. The molecule has 1 aliphatic heterocycles. The molecule has 0 spiro atoms. The molecule has 1 saturated heterocycles. The quantitative estimate of drug-likeness (QED) is 0.648. The Hall–Kier alpha value is -1.39. The second-order valence-electron chi connectivity index (χ2n) is 6.93. The lowest BCUT2D eigenvalue weighted by atomic mass is 10.0. The first-order chi connectivity index (χ1) is 11.7. The van der Waals surface area contributed by atoms with Gasteiger partial charge in [-0.1, -0.05) is 42.7 Å². The molecule has 0 aliphatic carbocycles. The fraction of sp³-hybridized carbons (Fsp3) is 0.650. The summed E-state index contributed by atoms with van der Waals surface area (Å²) in [5, 5.41) is 3.16. The summed E-state index contributed by atoms with van der Waals surface area (Å²) in [5.74, 6) is 0.180. The van der Waals surface area contributed by atoms with Crippen molar-refractivity contribution in [3.63, 3.8) is 0 Å². The van der Waals surface area contributed by atoms with Crippen LogP contribution in [0.1, 0.15) is 62.1 Å². The van der Waals surface area contributed by atoms with Gasteiger partial charge in [0.1, 0.15) is 0 Å². The third kappa shape index (κ3) is 6.25. The van der Waals surface area contributed by atoms with Gasteiger partial charge in [0.05, 0.1) is 6.04 Å². The van der Waals surface area contributed by atoms with Gasteiger partial charge in [-0.3, -0.25) is 9.69 Å². The van der Waals surface area contributed by atoms with Gasteiger partial charge in [0.15, 0.2) is 0 Å². The highest BCUT2D eigenvalue weighted by Crippen LogP contribution is 2.25. The second kappa shape index (κ2) is 10.5. The first-order valence-electron chi connectivity index (χ1n) is 9.48. The molecule has 1 amide bonds. The highest BCUT2D eigenvalue weighted by atomic mass is 16.1. The minimum absolute atomic E-state index is 0.180. The minimum Gasteiger partial charge on any atom is -0.354 e. The van der Waals surface area contributed by atoms with Crippen molar-refractivity contribution in [1.82, 2.24) is 10.2 Å². The zero-order valence-corrected chi connectivity index (χ0v) is 15.1. The summed E-state index contributed by atoms with van der Waals surface area (Å²) in [6.07, 6.45) is 7.40. The molecule has 3 N–H and O–H groups in total. The Bertz CT molecular complexity index is 480. The number of nitrogens with one attached hydrogen (secondary N) is 1. The molecule has 0 saturated carbocycles. The van der Waals surface area contributed by atoms with E-state index in [-0.39, 0.29) is 5.91 Å². The number of hydrogen-bond donors (Lipinski definition) is 2. The lowest BCUT2D eigenvalue weighted by molar-refractivity contribution is -0.121. The van der Waals surface area contributed by atoms with Crippen molar-refractivity contribution < 1.29 is 4.79 Å². The van der Waals surface area contributed by atoms with Gasteiger partial charge in [-0.05, 0) is 57.8 Å². The van der Waals surface area contributed by atoms with Gasteiger partial charge in [-0.15, -0.1) is 0 Å². The van der Waals surface area contributed by atoms with E-state index >= 15 is 0 Å². The predicted molar refractivity (Wildman–Crippen MR) is 99.9 cm³/mol. The van der Waals surface area contributed by atoms with Crippen molar-refractivity contribution in [3.8, 4) is 0 Å². The van der Waals surface area contributed by atoms with Crippen LogP contribution in [0.4, 0.5) is 0 Å². The molecular formula is C20H33N3O. The van der Waals surface area contributed by atoms with Gasteiger partial charge in [0.2, 0.25) is 5.91 Å². The monoisotopic (exact) mass is 331 g/mol. The van der Waals surface area contributed by atoms with E-state index in [2.05, 4.69) is 41.4 Å². The molecule has 0 bridgehead atoms. The van der Waals surface area contributed by atoms with Crippen LogP contribution in [0.25, 0.3) is 0 Å². The summed E-state index contributed by atoms with van der Waals surface area (Å²) in [6, 6.07) is 9.04. The molecule has 1 unspecified atom stereocenters. The molecule has 1 aromatic carbocycles. The van der Waals surface area contributed by atoms with Crippen LogP contribution in [0.15, 0.2) is 24.3 Å². The van der Waals surface area contributed by atoms with Gasteiger partial charge in [-0.2, -0.15) is 0 Å². The highest BCUT2D eigenvalue weighted by Gasteiger charge is 2.23. The predicted octanol–water partition coefficient (Wildman–Crippen LogP) is 3.16. The zero-order valence-electron chi connectivity index (χ0n) is 15.1. The van der Waals surface area contributed by atoms with Crippen LogP contribution in [0.5, 0.6) is 0 Å². The molecule has 1 heterocycles. The Balaban J connectivity index is 1.82. The fourth-order valence-corrected chi connectivity index (χ4v) is 3.38. The number of rotatable bonds is 10. The topological polar surface area (TPSA) is 58.4 Å². The molecule has 0 aromatic heterocycles. The van der Waals surface area contributed by atoms with E-state index < -0.39 is 0 Å². The van der Waals surface area contributed by atoms with E-state index in [0.29, 0.717) is 19.0 Å². The van der Waals surface area contributed by atoms with Crippen LogP contribution in [-0.2, 0) is 4.79 Å². The van der Waals surface area contributed by atoms with E-state index in [1.54, 1.807) is 0 Å².